The van der Waals surface area contributed by atoms with Gasteiger partial charge >= 0.3 is 0 Å². The molecule has 0 unspecified atom stereocenters. The van der Waals surface area contributed by atoms with Gasteiger partial charge in [0, 0.05) is 18.0 Å². The van der Waals surface area contributed by atoms with Crippen LogP contribution in [0.25, 0.3) is 0 Å². The second-order valence-electron chi connectivity index (χ2n) is 1.78. The molecule has 0 aromatic carbocycles. The van der Waals surface area contributed by atoms with Crippen molar-refractivity contribution >= 4 is 26.7 Å². The molecule has 0 atom stereocenters. The zero-order valence-electron chi connectivity index (χ0n) is 5.98. The Bertz CT molecular complexity index is 237. The Labute approximate surface area is 73.2 Å². The summed E-state index contributed by atoms with van der Waals surface area (Å²) in [5, 5.41) is 0.0607. The van der Waals surface area contributed by atoms with Crippen LogP contribution in [-0.2, 0) is 0 Å². The molecule has 0 saturated heterocycles. The molecule has 1 heterocycles. The highest BCUT2D eigenvalue weighted by molar-refractivity contribution is 8.82. The topological polar surface area (TPSA) is 30.0 Å². The predicted octanol–water partition coefficient (Wildman–Crippen LogP) is 2.23. The first-order valence-electron chi connectivity index (χ1n) is 2.99. The molecule has 0 aliphatic heterocycles. The SMILES string of the molecule is CSSC(=O)c1cccnc1. The summed E-state index contributed by atoms with van der Waals surface area (Å²) in [7, 11) is 2.67. The van der Waals surface area contributed by atoms with Crippen molar-refractivity contribution in [2.45, 2.75) is 0 Å². The molecule has 0 saturated carbocycles. The lowest BCUT2D eigenvalue weighted by Crippen LogP contribution is -1.90. The molecule has 1 aromatic heterocycles. The van der Waals surface area contributed by atoms with Gasteiger partial charge in [-0.2, -0.15) is 0 Å². The number of pyridine rings is 1. The lowest BCUT2D eigenvalue weighted by Gasteiger charge is -1.94. The second-order valence-corrected chi connectivity index (χ2v) is 4.15. The van der Waals surface area contributed by atoms with E-state index in [0.717, 1.165) is 0 Å². The molecule has 0 aliphatic rings. The van der Waals surface area contributed by atoms with Gasteiger partial charge in [-0.05, 0) is 29.2 Å². The Morgan fingerprint density at radius 3 is 3.00 bits per heavy atom. The molecule has 1 aromatic rings. The minimum absolute atomic E-state index is 0.0607. The molecule has 0 amide bonds. The molecule has 0 radical (unpaired) electrons. The molecule has 0 spiro atoms. The van der Waals surface area contributed by atoms with E-state index in [1.165, 1.54) is 21.6 Å². The summed E-state index contributed by atoms with van der Waals surface area (Å²) in [6, 6.07) is 3.52. The van der Waals surface area contributed by atoms with Crippen LogP contribution in [0.15, 0.2) is 24.5 Å². The Balaban J connectivity index is 2.69. The van der Waals surface area contributed by atoms with Crippen molar-refractivity contribution in [2.24, 2.45) is 0 Å². The fraction of sp³-hybridized carbons (Fsp3) is 0.143. The highest BCUT2D eigenvalue weighted by Crippen LogP contribution is 2.21. The number of rotatable bonds is 2. The van der Waals surface area contributed by atoms with E-state index in [0.29, 0.717) is 5.56 Å². The number of hydrogen-bond donors (Lipinski definition) is 0. The molecule has 0 aliphatic carbocycles. The van der Waals surface area contributed by atoms with Crippen LogP contribution >= 0.6 is 21.6 Å². The van der Waals surface area contributed by atoms with Gasteiger partial charge in [-0.1, -0.05) is 10.8 Å². The maximum atomic E-state index is 11.1. The maximum absolute atomic E-state index is 11.1. The summed E-state index contributed by atoms with van der Waals surface area (Å²) in [4.78, 5) is 15.0. The van der Waals surface area contributed by atoms with E-state index in [4.69, 9.17) is 0 Å². The Kier molecular flexibility index (Phi) is 3.45. The number of hydrogen-bond acceptors (Lipinski definition) is 4. The van der Waals surface area contributed by atoms with E-state index in [1.54, 1.807) is 24.5 Å². The number of carbonyl (C=O) groups excluding carboxylic acids is 1. The first-order valence-corrected chi connectivity index (χ1v) is 5.55. The molecule has 58 valence electrons. The maximum Gasteiger partial charge on any atom is 0.231 e. The normalized spacial score (nSPS) is 9.55. The number of nitrogens with zero attached hydrogens (tertiary/aromatic N) is 1. The van der Waals surface area contributed by atoms with Gasteiger partial charge in [-0.25, -0.2) is 0 Å². The number of aromatic nitrogens is 1. The van der Waals surface area contributed by atoms with Crippen molar-refractivity contribution in [3.8, 4) is 0 Å². The lowest BCUT2D eigenvalue weighted by atomic mass is 10.3. The molecule has 2 nitrogen and oxygen atoms in total. The van der Waals surface area contributed by atoms with Gasteiger partial charge in [0.2, 0.25) is 5.12 Å². The Morgan fingerprint density at radius 1 is 1.64 bits per heavy atom. The van der Waals surface area contributed by atoms with Crippen LogP contribution in [0.5, 0.6) is 0 Å². The lowest BCUT2D eigenvalue weighted by molar-refractivity contribution is 0.109. The molecular formula is C7H7NOS2. The predicted molar refractivity (Wildman–Crippen MR) is 49.7 cm³/mol. The van der Waals surface area contributed by atoms with Crippen LogP contribution in [0, 0.1) is 0 Å². The van der Waals surface area contributed by atoms with Gasteiger partial charge in [-0.15, -0.1) is 0 Å². The van der Waals surface area contributed by atoms with Gasteiger partial charge in [0.25, 0.3) is 0 Å². The quantitative estimate of drug-likeness (QED) is 0.661. The third kappa shape index (κ3) is 2.55. The smallest absolute Gasteiger partial charge is 0.231 e. The Morgan fingerprint density at radius 2 is 2.45 bits per heavy atom. The van der Waals surface area contributed by atoms with Gasteiger partial charge in [0.1, 0.15) is 0 Å². The molecule has 0 bridgehead atoms. The third-order valence-electron chi connectivity index (χ3n) is 1.06. The average Bonchev–Trinajstić information content (AvgIpc) is 2.07. The molecule has 4 heteroatoms. The van der Waals surface area contributed by atoms with E-state index in [9.17, 15) is 4.79 Å². The van der Waals surface area contributed by atoms with E-state index in [-0.39, 0.29) is 5.12 Å². The zero-order valence-corrected chi connectivity index (χ0v) is 7.61. The van der Waals surface area contributed by atoms with E-state index >= 15 is 0 Å². The summed E-state index contributed by atoms with van der Waals surface area (Å²) >= 11 is 0. The summed E-state index contributed by atoms with van der Waals surface area (Å²) < 4.78 is 0. The molecule has 11 heavy (non-hydrogen) atoms. The zero-order chi connectivity index (χ0) is 8.10. The van der Waals surface area contributed by atoms with Crippen molar-refractivity contribution in [1.82, 2.24) is 4.98 Å². The molecule has 0 N–H and O–H groups in total. The molecular weight excluding hydrogens is 178 g/mol. The largest absolute Gasteiger partial charge is 0.281 e. The van der Waals surface area contributed by atoms with E-state index in [1.807, 2.05) is 6.26 Å². The third-order valence-corrected chi connectivity index (χ3v) is 2.56. The average molecular weight is 185 g/mol. The van der Waals surface area contributed by atoms with Crippen molar-refractivity contribution in [3.05, 3.63) is 30.1 Å². The molecule has 0 fully saturated rings. The van der Waals surface area contributed by atoms with Crippen LogP contribution in [0.4, 0.5) is 0 Å². The van der Waals surface area contributed by atoms with Gasteiger partial charge in [0.05, 0.1) is 0 Å². The minimum Gasteiger partial charge on any atom is -0.281 e. The van der Waals surface area contributed by atoms with Gasteiger partial charge in [0.15, 0.2) is 0 Å². The van der Waals surface area contributed by atoms with Crippen LogP contribution in [-0.4, -0.2) is 16.4 Å². The first kappa shape index (κ1) is 8.62. The minimum atomic E-state index is 0.0607. The highest BCUT2D eigenvalue weighted by atomic mass is 33.1. The van der Waals surface area contributed by atoms with E-state index in [2.05, 4.69) is 4.98 Å². The monoisotopic (exact) mass is 185 g/mol. The van der Waals surface area contributed by atoms with Crippen LogP contribution in [0.2, 0.25) is 0 Å². The second kappa shape index (κ2) is 4.41. The van der Waals surface area contributed by atoms with Crippen molar-refractivity contribution < 1.29 is 4.79 Å². The fourth-order valence-corrected chi connectivity index (χ4v) is 1.72. The van der Waals surface area contributed by atoms with Crippen LogP contribution < -0.4 is 0 Å². The highest BCUT2D eigenvalue weighted by Gasteiger charge is 2.03. The standard InChI is InChI=1S/C7H7NOS2/c1-10-11-7(9)6-3-2-4-8-5-6/h2-5H,1H3. The summed E-state index contributed by atoms with van der Waals surface area (Å²) in [6.07, 6.45) is 5.10. The van der Waals surface area contributed by atoms with Crippen molar-refractivity contribution in [3.63, 3.8) is 0 Å². The Hall–Kier alpha value is -0.480. The van der Waals surface area contributed by atoms with Gasteiger partial charge < -0.3 is 0 Å². The summed E-state index contributed by atoms with van der Waals surface area (Å²) in [6.45, 7) is 0. The van der Waals surface area contributed by atoms with Crippen LogP contribution in [0.1, 0.15) is 10.4 Å². The fourth-order valence-electron chi connectivity index (χ4n) is 0.607. The summed E-state index contributed by atoms with van der Waals surface area (Å²) in [5.41, 5.74) is 0.659. The van der Waals surface area contributed by atoms with Crippen molar-refractivity contribution in [1.29, 1.82) is 0 Å². The van der Waals surface area contributed by atoms with Crippen LogP contribution in [0.3, 0.4) is 0 Å². The van der Waals surface area contributed by atoms with Gasteiger partial charge in [-0.3, -0.25) is 9.78 Å². The number of carbonyl (C=O) groups is 1. The summed E-state index contributed by atoms with van der Waals surface area (Å²) in [5.74, 6) is 0. The first-order chi connectivity index (χ1) is 5.34. The molecule has 1 rings (SSSR count). The van der Waals surface area contributed by atoms with Crippen molar-refractivity contribution in [2.75, 3.05) is 6.26 Å². The van der Waals surface area contributed by atoms with E-state index < -0.39 is 0 Å².